The van der Waals surface area contributed by atoms with E-state index in [9.17, 15) is 5.11 Å². The second-order valence-electron chi connectivity index (χ2n) is 4.83. The first kappa shape index (κ1) is 19.0. The van der Waals surface area contributed by atoms with E-state index in [0.29, 0.717) is 32.2 Å². The van der Waals surface area contributed by atoms with Crippen molar-refractivity contribution in [2.75, 3.05) is 19.8 Å². The highest BCUT2D eigenvalue weighted by atomic mass is 32.1. The molecule has 0 aliphatic heterocycles. The lowest BCUT2D eigenvalue weighted by Crippen LogP contribution is -2.51. The van der Waals surface area contributed by atoms with Crippen LogP contribution in [0.4, 0.5) is 0 Å². The lowest BCUT2D eigenvalue weighted by Gasteiger charge is -2.35. The Morgan fingerprint density at radius 3 is 1.74 bits per heavy atom. The summed E-state index contributed by atoms with van der Waals surface area (Å²) in [5, 5.41) is 9.49. The van der Waals surface area contributed by atoms with Gasteiger partial charge in [0.25, 0.3) is 0 Å². The van der Waals surface area contributed by atoms with Crippen molar-refractivity contribution >= 4 is 26.1 Å². The van der Waals surface area contributed by atoms with Crippen molar-refractivity contribution in [2.45, 2.75) is 53.0 Å². The van der Waals surface area contributed by atoms with Crippen LogP contribution in [0.3, 0.4) is 0 Å². The van der Waals surface area contributed by atoms with Gasteiger partial charge in [0.05, 0.1) is 0 Å². The Kier molecular flexibility index (Phi) is 9.82. The van der Waals surface area contributed by atoms with E-state index >= 15 is 0 Å². The minimum Gasteiger partial charge on any atom is -0.502 e. The number of hydrogen-bond donors (Lipinski definition) is 1. The van der Waals surface area contributed by atoms with Gasteiger partial charge in [-0.3, -0.25) is 0 Å². The molecule has 19 heavy (non-hydrogen) atoms. The Balaban J connectivity index is 5.20. The van der Waals surface area contributed by atoms with Crippen molar-refractivity contribution in [3.63, 3.8) is 0 Å². The van der Waals surface area contributed by atoms with Crippen molar-refractivity contribution < 1.29 is 18.4 Å². The van der Waals surface area contributed by atoms with Gasteiger partial charge in [0.15, 0.2) is 5.05 Å². The lowest BCUT2D eigenvalue weighted by molar-refractivity contribution is 0.0585. The summed E-state index contributed by atoms with van der Waals surface area (Å²) in [5.74, 6) is 0.465. The molecule has 0 fully saturated rings. The smallest absolute Gasteiger partial charge is 0.502 e. The molecule has 0 saturated carbocycles. The molecule has 6 heteroatoms. The Hall–Kier alpha value is -0.0131. The fourth-order valence-electron chi connectivity index (χ4n) is 2.21. The number of aliphatic hydroxyl groups excluding tert-OH is 1. The average molecular weight is 309 g/mol. The average Bonchev–Trinajstić information content (AvgIpc) is 2.27. The van der Waals surface area contributed by atoms with Gasteiger partial charge in [-0.2, -0.15) is 0 Å². The fraction of sp³-hybridized carbons (Fsp3) is 0.923. The van der Waals surface area contributed by atoms with Gasteiger partial charge in [0.2, 0.25) is 0 Å². The van der Waals surface area contributed by atoms with Gasteiger partial charge >= 0.3 is 8.80 Å². The minimum absolute atomic E-state index is 0.00151. The van der Waals surface area contributed by atoms with Crippen LogP contribution >= 0.6 is 12.2 Å². The second kappa shape index (κ2) is 9.82. The van der Waals surface area contributed by atoms with E-state index in [0.717, 1.165) is 6.42 Å². The van der Waals surface area contributed by atoms with Crippen molar-refractivity contribution in [2.24, 2.45) is 5.92 Å². The highest BCUT2D eigenvalue weighted by Gasteiger charge is 2.49. The van der Waals surface area contributed by atoms with Crippen LogP contribution in [-0.2, 0) is 13.3 Å². The normalized spacial score (nSPS) is 13.8. The summed E-state index contributed by atoms with van der Waals surface area (Å²) in [6.45, 7) is 11.7. The molecule has 1 atom stereocenters. The number of hydrogen-bond acceptors (Lipinski definition) is 4. The molecule has 0 aliphatic carbocycles. The quantitative estimate of drug-likeness (QED) is 0.465. The van der Waals surface area contributed by atoms with Gasteiger partial charge in [-0.15, -0.1) is 0 Å². The maximum absolute atomic E-state index is 9.49. The first-order valence-corrected chi connectivity index (χ1v) is 9.26. The van der Waals surface area contributed by atoms with Gasteiger partial charge in [-0.25, -0.2) is 0 Å². The third kappa shape index (κ3) is 6.81. The van der Waals surface area contributed by atoms with Crippen LogP contribution in [0.15, 0.2) is 0 Å². The summed E-state index contributed by atoms with van der Waals surface area (Å²) < 4.78 is 17.7. The van der Waals surface area contributed by atoms with Crippen molar-refractivity contribution in [3.8, 4) is 0 Å². The van der Waals surface area contributed by atoms with E-state index in [1.165, 1.54) is 0 Å². The molecule has 0 saturated heterocycles. The summed E-state index contributed by atoms with van der Waals surface area (Å²) >= 11 is 4.86. The zero-order chi connectivity index (χ0) is 14.9. The molecule has 114 valence electrons. The van der Waals surface area contributed by atoms with Gasteiger partial charge in [0.1, 0.15) is 0 Å². The monoisotopic (exact) mass is 308 g/mol. The molecule has 1 N–H and O–H groups in total. The highest BCUT2D eigenvalue weighted by Crippen LogP contribution is 2.35. The van der Waals surface area contributed by atoms with Gasteiger partial charge < -0.3 is 18.4 Å². The molecule has 0 radical (unpaired) electrons. The molecule has 0 aromatic rings. The lowest BCUT2D eigenvalue weighted by atomic mass is 10.1. The first-order chi connectivity index (χ1) is 8.91. The van der Waals surface area contributed by atoms with Crippen LogP contribution in [0.1, 0.15) is 47.5 Å². The van der Waals surface area contributed by atoms with Crippen LogP contribution in [-0.4, -0.2) is 38.8 Å². The van der Waals surface area contributed by atoms with E-state index in [1.54, 1.807) is 0 Å². The largest absolute Gasteiger partial charge is 0.504 e. The first-order valence-electron chi connectivity index (χ1n) is 7.05. The Bertz CT molecular complexity index is 244. The zero-order valence-corrected chi connectivity index (χ0v) is 14.6. The SMILES string of the molecule is CCO[Si](OCC)(OCC)C(CC(O)=S)CC(C)C. The molecular weight excluding hydrogens is 280 g/mol. The van der Waals surface area contributed by atoms with Crippen molar-refractivity contribution in [1.82, 2.24) is 0 Å². The third-order valence-electron chi connectivity index (χ3n) is 2.71. The van der Waals surface area contributed by atoms with Crippen LogP contribution < -0.4 is 0 Å². The fourth-order valence-corrected chi connectivity index (χ4v) is 5.93. The van der Waals surface area contributed by atoms with Crippen LogP contribution in [0, 0.1) is 5.92 Å². The molecule has 0 amide bonds. The highest BCUT2D eigenvalue weighted by molar-refractivity contribution is 7.80. The van der Waals surface area contributed by atoms with Gasteiger partial charge in [-0.1, -0.05) is 13.8 Å². The molecule has 4 nitrogen and oxygen atoms in total. The third-order valence-corrected chi connectivity index (χ3v) is 6.39. The molecule has 0 spiro atoms. The van der Waals surface area contributed by atoms with Gasteiger partial charge in [-0.05, 0) is 45.3 Å². The predicted octanol–water partition coefficient (Wildman–Crippen LogP) is 3.73. The van der Waals surface area contributed by atoms with Crippen LogP contribution in [0.5, 0.6) is 0 Å². The number of thiocarbonyl (C=S) groups is 1. The summed E-state index contributed by atoms with van der Waals surface area (Å²) in [4.78, 5) is 0. The van der Waals surface area contributed by atoms with E-state index in [-0.39, 0.29) is 10.6 Å². The Labute approximate surface area is 123 Å². The molecular formula is C13H28O4SSi. The minimum atomic E-state index is -2.80. The maximum Gasteiger partial charge on any atom is 0.504 e. The van der Waals surface area contributed by atoms with Crippen LogP contribution in [0.25, 0.3) is 0 Å². The summed E-state index contributed by atoms with van der Waals surface area (Å²) in [6.07, 6.45) is 1.27. The molecule has 1 unspecified atom stereocenters. The second-order valence-corrected chi connectivity index (χ2v) is 8.19. The molecule has 0 rings (SSSR count). The molecule has 0 heterocycles. The standard InChI is InChI=1S/C13H28O4SSi/c1-6-15-19(16-7-2,17-8-3)12(9-11(4)5)10-13(14)18/h11-12H,6-10H2,1-5H3,(H,14,18). The Morgan fingerprint density at radius 1 is 1.05 bits per heavy atom. The van der Waals surface area contributed by atoms with E-state index < -0.39 is 8.80 Å². The summed E-state index contributed by atoms with van der Waals surface area (Å²) in [5.41, 5.74) is 0.0184. The van der Waals surface area contributed by atoms with E-state index in [4.69, 9.17) is 25.5 Å². The van der Waals surface area contributed by atoms with Crippen molar-refractivity contribution in [3.05, 3.63) is 0 Å². The Morgan fingerprint density at radius 2 is 1.47 bits per heavy atom. The number of rotatable bonds is 11. The van der Waals surface area contributed by atoms with E-state index in [2.05, 4.69) is 13.8 Å². The summed E-state index contributed by atoms with van der Waals surface area (Å²) in [7, 11) is -2.80. The number of aliphatic hydroxyl groups is 1. The predicted molar refractivity (Wildman–Crippen MR) is 83.7 cm³/mol. The van der Waals surface area contributed by atoms with Gasteiger partial charge in [0, 0.05) is 31.8 Å². The molecule has 0 aromatic heterocycles. The maximum atomic E-state index is 9.49. The van der Waals surface area contributed by atoms with E-state index in [1.807, 2.05) is 20.8 Å². The molecule has 0 aliphatic rings. The zero-order valence-electron chi connectivity index (χ0n) is 12.8. The topological polar surface area (TPSA) is 47.9 Å². The molecule has 0 aromatic carbocycles. The summed E-state index contributed by atoms with van der Waals surface area (Å²) in [6, 6.07) is 0. The van der Waals surface area contributed by atoms with Crippen molar-refractivity contribution in [1.29, 1.82) is 0 Å². The van der Waals surface area contributed by atoms with Crippen LogP contribution in [0.2, 0.25) is 5.54 Å². The molecule has 0 bridgehead atoms.